The second-order valence-electron chi connectivity index (χ2n) is 4.01. The topological polar surface area (TPSA) is 81.4 Å². The quantitative estimate of drug-likeness (QED) is 0.601. The highest BCUT2D eigenvalue weighted by Gasteiger charge is 2.56. The van der Waals surface area contributed by atoms with Gasteiger partial charge in [-0.15, -0.1) is 0 Å². The van der Waals surface area contributed by atoms with Crippen molar-refractivity contribution in [2.45, 2.75) is 19.3 Å². The highest BCUT2D eigenvalue weighted by Crippen LogP contribution is 2.57. The van der Waals surface area contributed by atoms with E-state index in [1.807, 2.05) is 0 Å². The average Bonchev–Trinajstić information content (AvgIpc) is 2.60. The minimum absolute atomic E-state index is 0.0963. The molecule has 0 aliphatic heterocycles. The molecule has 78 valence electrons. The fourth-order valence-electron chi connectivity index (χ4n) is 2.46. The molecule has 2 atom stereocenters. The smallest absolute Gasteiger partial charge is 0.247 e. The van der Waals surface area contributed by atoms with Gasteiger partial charge < -0.3 is 5.73 Å². The zero-order valence-electron chi connectivity index (χ0n) is 7.86. The molecule has 2 unspecified atom stereocenters. The Morgan fingerprint density at radius 2 is 2.00 bits per heavy atom. The van der Waals surface area contributed by atoms with Crippen molar-refractivity contribution in [3.8, 4) is 0 Å². The van der Waals surface area contributed by atoms with Crippen LogP contribution in [0.3, 0.4) is 0 Å². The van der Waals surface area contributed by atoms with E-state index in [0.29, 0.717) is 11.8 Å². The highest BCUT2D eigenvalue weighted by atomic mass is 16.7. The largest absolute Gasteiger partial charge is 0.368 e. The summed E-state index contributed by atoms with van der Waals surface area (Å²) in [5.41, 5.74) is 7.11. The zero-order valence-corrected chi connectivity index (χ0v) is 7.86. The van der Waals surface area contributed by atoms with Crippen LogP contribution in [-0.2, 0) is 14.4 Å². The summed E-state index contributed by atoms with van der Waals surface area (Å²) < 4.78 is 0. The van der Waals surface area contributed by atoms with E-state index >= 15 is 0 Å². The Morgan fingerprint density at radius 3 is 2.57 bits per heavy atom. The Morgan fingerprint density at radius 1 is 1.36 bits per heavy atom. The molecule has 0 bridgehead atoms. The summed E-state index contributed by atoms with van der Waals surface area (Å²) in [5, 5.41) is 0. The van der Waals surface area contributed by atoms with Crippen molar-refractivity contribution in [1.82, 2.24) is 5.48 Å². The average molecular weight is 198 g/mol. The number of nitrogens with two attached hydrogens (primary N) is 1. The standard InChI is InChI=1S/C9H14N2O3/c10-7(12)4-14-11-9(13)8-5-2-1-3-6(5)8/h5-6,8H,1-4H2,(H2,10,12)(H,11,13). The third-order valence-electron chi connectivity index (χ3n) is 3.10. The van der Waals surface area contributed by atoms with Gasteiger partial charge >= 0.3 is 0 Å². The number of rotatable bonds is 4. The number of hydrogen-bond acceptors (Lipinski definition) is 3. The van der Waals surface area contributed by atoms with E-state index in [0.717, 1.165) is 12.8 Å². The van der Waals surface area contributed by atoms with E-state index in [1.165, 1.54) is 6.42 Å². The molecule has 14 heavy (non-hydrogen) atoms. The Bertz CT molecular complexity index is 257. The minimum atomic E-state index is -0.582. The molecule has 0 aromatic rings. The lowest BCUT2D eigenvalue weighted by Crippen LogP contribution is -2.31. The SMILES string of the molecule is NC(=O)CONC(=O)C1C2CCCC21. The van der Waals surface area contributed by atoms with Crippen molar-refractivity contribution in [3.05, 3.63) is 0 Å². The first-order valence-electron chi connectivity index (χ1n) is 4.90. The Balaban J connectivity index is 1.68. The molecule has 0 aromatic heterocycles. The molecular weight excluding hydrogens is 184 g/mol. The van der Waals surface area contributed by atoms with Gasteiger partial charge in [-0.1, -0.05) is 6.42 Å². The van der Waals surface area contributed by atoms with Crippen LogP contribution in [0.2, 0.25) is 0 Å². The molecule has 2 saturated carbocycles. The monoisotopic (exact) mass is 198 g/mol. The van der Waals surface area contributed by atoms with E-state index in [2.05, 4.69) is 10.3 Å². The van der Waals surface area contributed by atoms with Gasteiger partial charge in [0.05, 0.1) is 0 Å². The molecule has 0 aromatic carbocycles. The lowest BCUT2D eigenvalue weighted by atomic mass is 10.1. The van der Waals surface area contributed by atoms with Crippen LogP contribution in [0, 0.1) is 17.8 Å². The number of carbonyl (C=O) groups is 2. The van der Waals surface area contributed by atoms with E-state index in [4.69, 9.17) is 5.73 Å². The molecule has 2 fully saturated rings. The predicted molar refractivity (Wildman–Crippen MR) is 47.6 cm³/mol. The summed E-state index contributed by atoms with van der Waals surface area (Å²) in [7, 11) is 0. The summed E-state index contributed by atoms with van der Waals surface area (Å²) in [6.07, 6.45) is 3.54. The third kappa shape index (κ3) is 1.72. The fraction of sp³-hybridized carbons (Fsp3) is 0.778. The maximum absolute atomic E-state index is 11.4. The van der Waals surface area contributed by atoms with Gasteiger partial charge in [-0.25, -0.2) is 5.48 Å². The molecule has 3 N–H and O–H groups in total. The van der Waals surface area contributed by atoms with Crippen LogP contribution in [0.4, 0.5) is 0 Å². The molecule has 2 rings (SSSR count). The van der Waals surface area contributed by atoms with Gasteiger partial charge in [-0.05, 0) is 24.7 Å². The van der Waals surface area contributed by atoms with Crippen molar-refractivity contribution in [2.75, 3.05) is 6.61 Å². The molecule has 2 aliphatic carbocycles. The molecule has 0 spiro atoms. The summed E-state index contributed by atoms with van der Waals surface area (Å²) in [4.78, 5) is 26.4. The lowest BCUT2D eigenvalue weighted by molar-refractivity contribution is -0.139. The van der Waals surface area contributed by atoms with E-state index in [9.17, 15) is 9.59 Å². The van der Waals surface area contributed by atoms with Crippen LogP contribution >= 0.6 is 0 Å². The van der Waals surface area contributed by atoms with Crippen molar-refractivity contribution < 1.29 is 14.4 Å². The molecule has 0 heterocycles. The summed E-state index contributed by atoms with van der Waals surface area (Å²) >= 11 is 0. The van der Waals surface area contributed by atoms with Crippen LogP contribution in [0.5, 0.6) is 0 Å². The van der Waals surface area contributed by atoms with Gasteiger partial charge in [0, 0.05) is 5.92 Å². The molecule has 2 amide bonds. The van der Waals surface area contributed by atoms with Gasteiger partial charge in [0.25, 0.3) is 0 Å². The highest BCUT2D eigenvalue weighted by molar-refractivity contribution is 5.82. The van der Waals surface area contributed by atoms with Gasteiger partial charge in [-0.2, -0.15) is 0 Å². The van der Waals surface area contributed by atoms with Gasteiger partial charge in [0.1, 0.15) is 0 Å². The number of fused-ring (bicyclic) bond motifs is 1. The second-order valence-corrected chi connectivity index (χ2v) is 4.01. The van der Waals surface area contributed by atoms with Crippen LogP contribution in [0.1, 0.15) is 19.3 Å². The number of primary amides is 1. The second kappa shape index (κ2) is 3.57. The maximum Gasteiger partial charge on any atom is 0.247 e. The van der Waals surface area contributed by atoms with Crippen LogP contribution in [0.25, 0.3) is 0 Å². The number of hydroxylamine groups is 1. The van der Waals surface area contributed by atoms with E-state index < -0.39 is 5.91 Å². The van der Waals surface area contributed by atoms with Gasteiger partial charge in [0.15, 0.2) is 6.61 Å². The van der Waals surface area contributed by atoms with E-state index in [1.54, 1.807) is 0 Å². The van der Waals surface area contributed by atoms with Gasteiger partial charge in [-0.3, -0.25) is 14.4 Å². The molecule has 2 aliphatic rings. The van der Waals surface area contributed by atoms with Crippen molar-refractivity contribution in [1.29, 1.82) is 0 Å². The minimum Gasteiger partial charge on any atom is -0.368 e. The number of hydrogen-bond donors (Lipinski definition) is 2. The van der Waals surface area contributed by atoms with Crippen molar-refractivity contribution in [3.63, 3.8) is 0 Å². The van der Waals surface area contributed by atoms with Crippen LogP contribution < -0.4 is 11.2 Å². The van der Waals surface area contributed by atoms with Gasteiger partial charge in [0.2, 0.25) is 11.8 Å². The molecule has 0 saturated heterocycles. The molecule has 0 radical (unpaired) electrons. The summed E-state index contributed by atoms with van der Waals surface area (Å²) in [6, 6.07) is 0. The Hall–Kier alpha value is -1.10. The normalized spacial score (nSPS) is 33.6. The summed E-state index contributed by atoms with van der Waals surface area (Å²) in [5.74, 6) is 0.568. The number of nitrogens with one attached hydrogen (secondary N) is 1. The lowest BCUT2D eigenvalue weighted by Gasteiger charge is -2.04. The first kappa shape index (κ1) is 9.45. The third-order valence-corrected chi connectivity index (χ3v) is 3.10. The maximum atomic E-state index is 11.4. The van der Waals surface area contributed by atoms with Crippen LogP contribution in [0.15, 0.2) is 0 Å². The first-order chi connectivity index (χ1) is 6.70. The zero-order chi connectivity index (χ0) is 10.1. The number of carbonyl (C=O) groups excluding carboxylic acids is 2. The molecular formula is C9H14N2O3. The van der Waals surface area contributed by atoms with Crippen molar-refractivity contribution in [2.24, 2.45) is 23.5 Å². The van der Waals surface area contributed by atoms with E-state index in [-0.39, 0.29) is 18.4 Å². The van der Waals surface area contributed by atoms with Crippen molar-refractivity contribution >= 4 is 11.8 Å². The fourth-order valence-corrected chi connectivity index (χ4v) is 2.46. The summed E-state index contributed by atoms with van der Waals surface area (Å²) in [6.45, 7) is -0.256. The Kier molecular flexibility index (Phi) is 2.41. The first-order valence-corrected chi connectivity index (χ1v) is 4.90. The van der Waals surface area contributed by atoms with Crippen LogP contribution in [-0.4, -0.2) is 18.4 Å². The predicted octanol–water partition coefficient (Wildman–Crippen LogP) is -0.434. The Labute approximate surface area is 81.9 Å². The molecule has 5 heteroatoms. The molecule has 5 nitrogen and oxygen atoms in total. The number of amides is 2.